The number of amides is 1. The van der Waals surface area contributed by atoms with E-state index in [0.29, 0.717) is 17.1 Å². The Hall–Kier alpha value is -1.58. The molecule has 3 heterocycles. The van der Waals surface area contributed by atoms with E-state index in [9.17, 15) is 19.8 Å². The summed E-state index contributed by atoms with van der Waals surface area (Å²) in [6, 6.07) is 0.568. The summed E-state index contributed by atoms with van der Waals surface area (Å²) in [7, 11) is 0. The molecule has 4 N–H and O–H groups in total. The predicted molar refractivity (Wildman–Crippen MR) is 111 cm³/mol. The lowest BCUT2D eigenvalue weighted by molar-refractivity contribution is -0.163. The molecule has 0 bridgehead atoms. The van der Waals surface area contributed by atoms with E-state index in [-0.39, 0.29) is 29.6 Å². The molecule has 5 atom stereocenters. The van der Waals surface area contributed by atoms with E-state index in [1.54, 1.807) is 18.7 Å². The van der Waals surface area contributed by atoms with Crippen molar-refractivity contribution in [1.29, 1.82) is 0 Å². The van der Waals surface area contributed by atoms with Crippen LogP contribution in [0.15, 0.2) is 15.6 Å². The monoisotopic (exact) mass is 422 g/mol. The van der Waals surface area contributed by atoms with Crippen LogP contribution in [0.3, 0.4) is 0 Å². The van der Waals surface area contributed by atoms with Crippen molar-refractivity contribution in [3.05, 3.63) is 10.6 Å². The standard InChI is InChI=1S/C20H30N4O4S/c1-9-16-15(10(2)25)19(26)24(16)17(20(27)28)18(9)29-14-6-13(7-14)23-5-4-12(8-23)22-11(3)21/h9-10,12-16,25H,4-8H2,1-3H3,(H2,21,22)(H,27,28)/t9-,10-,12-,13?,14?,15-,16-/m1/s1. The average Bonchev–Trinajstić information content (AvgIpc) is 3.11. The zero-order chi connectivity index (χ0) is 21.0. The van der Waals surface area contributed by atoms with Crippen LogP contribution in [0.4, 0.5) is 0 Å². The maximum Gasteiger partial charge on any atom is 0.353 e. The molecular formula is C20H30N4O4S. The first-order chi connectivity index (χ1) is 13.7. The number of rotatable bonds is 6. The van der Waals surface area contributed by atoms with Gasteiger partial charge in [0.05, 0.1) is 29.9 Å². The van der Waals surface area contributed by atoms with Gasteiger partial charge in [0.15, 0.2) is 0 Å². The number of aliphatic hydroxyl groups excluding tert-OH is 1. The Balaban J connectivity index is 1.39. The zero-order valence-electron chi connectivity index (χ0n) is 17.1. The predicted octanol–water partition coefficient (Wildman–Crippen LogP) is 0.856. The third-order valence-electron chi connectivity index (χ3n) is 6.77. The number of hydrogen-bond donors (Lipinski definition) is 3. The number of hydrogen-bond acceptors (Lipinski definition) is 6. The molecule has 9 heteroatoms. The molecule has 8 nitrogen and oxygen atoms in total. The lowest BCUT2D eigenvalue weighted by atomic mass is 9.79. The van der Waals surface area contributed by atoms with Crippen LogP contribution in [0.1, 0.15) is 40.0 Å². The van der Waals surface area contributed by atoms with Gasteiger partial charge < -0.3 is 20.8 Å². The van der Waals surface area contributed by atoms with Gasteiger partial charge in [0.25, 0.3) is 0 Å². The molecule has 1 aliphatic carbocycles. The topological polar surface area (TPSA) is 119 Å². The molecule has 0 aromatic rings. The fourth-order valence-corrected chi connectivity index (χ4v) is 6.93. The van der Waals surface area contributed by atoms with Crippen molar-refractivity contribution in [2.24, 2.45) is 22.6 Å². The van der Waals surface area contributed by atoms with Gasteiger partial charge in [-0.25, -0.2) is 4.79 Å². The van der Waals surface area contributed by atoms with Gasteiger partial charge in [0.2, 0.25) is 5.91 Å². The second-order valence-corrected chi connectivity index (χ2v) is 10.2. The molecule has 0 unspecified atom stereocenters. The first-order valence-corrected chi connectivity index (χ1v) is 11.3. The van der Waals surface area contributed by atoms with Crippen molar-refractivity contribution >= 4 is 29.5 Å². The first kappa shape index (κ1) is 20.7. The molecule has 3 aliphatic heterocycles. The Morgan fingerprint density at radius 1 is 1.38 bits per heavy atom. The van der Waals surface area contributed by atoms with Crippen LogP contribution >= 0.6 is 11.8 Å². The van der Waals surface area contributed by atoms with Crippen molar-refractivity contribution in [3.63, 3.8) is 0 Å². The van der Waals surface area contributed by atoms with Crippen LogP contribution in [-0.4, -0.2) is 80.3 Å². The second kappa shape index (κ2) is 7.59. The van der Waals surface area contributed by atoms with Crippen LogP contribution in [0.2, 0.25) is 0 Å². The molecule has 0 aromatic heterocycles. The lowest BCUT2D eigenvalue weighted by Gasteiger charge is -2.46. The minimum atomic E-state index is -1.05. The lowest BCUT2D eigenvalue weighted by Crippen LogP contribution is -2.63. The zero-order valence-corrected chi connectivity index (χ0v) is 17.9. The number of carbonyl (C=O) groups excluding carboxylic acids is 1. The molecule has 4 aliphatic rings. The summed E-state index contributed by atoms with van der Waals surface area (Å²) >= 11 is 1.62. The van der Waals surface area contributed by atoms with Crippen LogP contribution in [0.25, 0.3) is 0 Å². The van der Waals surface area contributed by atoms with Gasteiger partial charge in [-0.05, 0) is 33.1 Å². The smallest absolute Gasteiger partial charge is 0.353 e. The number of carboxylic acids is 1. The number of fused-ring (bicyclic) bond motifs is 1. The van der Waals surface area contributed by atoms with E-state index in [0.717, 1.165) is 37.3 Å². The Morgan fingerprint density at radius 2 is 2.07 bits per heavy atom. The normalized spacial score (nSPS) is 38.7. The van der Waals surface area contributed by atoms with E-state index in [1.165, 1.54) is 4.90 Å². The molecule has 1 amide bonds. The van der Waals surface area contributed by atoms with Crippen molar-refractivity contribution in [2.45, 2.75) is 69.5 Å². The SMILES string of the molecule is CC(N)=N[C@@H]1CCN(C2CC(SC3=C(C(=O)O)N4C(=O)[C@H]([C@@H](C)O)[C@H]4[C@H]3C)C2)C1. The molecular weight excluding hydrogens is 392 g/mol. The Kier molecular flexibility index (Phi) is 5.41. The van der Waals surface area contributed by atoms with Gasteiger partial charge in [-0.2, -0.15) is 0 Å². The maximum absolute atomic E-state index is 12.4. The fourth-order valence-electron chi connectivity index (χ4n) is 5.28. The third-order valence-corrected chi connectivity index (χ3v) is 8.31. The van der Waals surface area contributed by atoms with Gasteiger partial charge in [-0.3, -0.25) is 14.7 Å². The van der Waals surface area contributed by atoms with Crippen molar-refractivity contribution in [3.8, 4) is 0 Å². The number of amidine groups is 1. The molecule has 29 heavy (non-hydrogen) atoms. The number of carbonyl (C=O) groups is 2. The van der Waals surface area contributed by atoms with Crippen LogP contribution in [-0.2, 0) is 9.59 Å². The van der Waals surface area contributed by atoms with Gasteiger partial charge in [-0.15, -0.1) is 11.8 Å². The largest absolute Gasteiger partial charge is 0.477 e. The minimum absolute atomic E-state index is 0.0551. The summed E-state index contributed by atoms with van der Waals surface area (Å²) in [5.41, 5.74) is 5.83. The summed E-state index contributed by atoms with van der Waals surface area (Å²) in [5.74, 6) is -1.24. The van der Waals surface area contributed by atoms with E-state index in [1.807, 2.05) is 13.8 Å². The van der Waals surface area contributed by atoms with E-state index >= 15 is 0 Å². The number of likely N-dealkylation sites (tertiary alicyclic amines) is 1. The van der Waals surface area contributed by atoms with Gasteiger partial charge >= 0.3 is 5.97 Å². The Bertz CT molecular complexity index is 772. The quantitative estimate of drug-likeness (QED) is 0.330. The number of nitrogens with two attached hydrogens (primary N) is 1. The highest BCUT2D eigenvalue weighted by molar-refractivity contribution is 8.03. The molecule has 3 fully saturated rings. The van der Waals surface area contributed by atoms with Gasteiger partial charge in [-0.1, -0.05) is 6.92 Å². The highest BCUT2D eigenvalue weighted by Gasteiger charge is 2.60. The molecule has 0 aromatic carbocycles. The van der Waals surface area contributed by atoms with E-state index in [2.05, 4.69) is 9.89 Å². The summed E-state index contributed by atoms with van der Waals surface area (Å²) in [4.78, 5) is 33.5. The van der Waals surface area contributed by atoms with Gasteiger partial charge in [0.1, 0.15) is 5.70 Å². The second-order valence-electron chi connectivity index (χ2n) is 8.84. The number of thioether (sulfide) groups is 1. The van der Waals surface area contributed by atoms with E-state index < -0.39 is 18.0 Å². The van der Waals surface area contributed by atoms with Crippen LogP contribution in [0, 0.1) is 11.8 Å². The molecule has 2 saturated heterocycles. The first-order valence-electron chi connectivity index (χ1n) is 10.4. The van der Waals surface area contributed by atoms with Crippen molar-refractivity contribution < 1.29 is 19.8 Å². The van der Waals surface area contributed by atoms with Crippen molar-refractivity contribution in [1.82, 2.24) is 9.80 Å². The summed E-state index contributed by atoms with van der Waals surface area (Å²) in [6.45, 7) is 7.38. The maximum atomic E-state index is 12.4. The number of carboxylic acid groups (broad SMARTS) is 1. The van der Waals surface area contributed by atoms with Gasteiger partial charge in [0, 0.05) is 35.2 Å². The van der Waals surface area contributed by atoms with Crippen molar-refractivity contribution in [2.75, 3.05) is 13.1 Å². The summed E-state index contributed by atoms with van der Waals surface area (Å²) in [6.07, 6.45) is 2.31. The molecule has 1 saturated carbocycles. The van der Waals surface area contributed by atoms with Crippen LogP contribution < -0.4 is 5.73 Å². The molecule has 0 radical (unpaired) electrons. The number of aliphatic hydroxyl groups is 1. The number of β-lactam (4-membered cyclic amide) rings is 1. The Morgan fingerprint density at radius 3 is 2.66 bits per heavy atom. The summed E-state index contributed by atoms with van der Waals surface area (Å²) in [5, 5.41) is 20.0. The summed E-state index contributed by atoms with van der Waals surface area (Å²) < 4.78 is 0. The number of aliphatic carboxylic acids is 1. The Labute approximate surface area is 175 Å². The highest BCUT2D eigenvalue weighted by atomic mass is 32.2. The fraction of sp³-hybridized carbons (Fsp3) is 0.750. The third kappa shape index (κ3) is 3.47. The molecule has 4 rings (SSSR count). The van der Waals surface area contributed by atoms with Crippen LogP contribution in [0.5, 0.6) is 0 Å². The average molecular weight is 423 g/mol. The molecule has 160 valence electrons. The highest BCUT2D eigenvalue weighted by Crippen LogP contribution is 2.53. The number of nitrogens with zero attached hydrogens (tertiary/aromatic N) is 3. The minimum Gasteiger partial charge on any atom is -0.477 e. The number of aliphatic imine (C=N–C) groups is 1. The van der Waals surface area contributed by atoms with E-state index in [4.69, 9.17) is 5.73 Å². The molecule has 0 spiro atoms.